The lowest BCUT2D eigenvalue weighted by atomic mass is 10.0. The van der Waals surface area contributed by atoms with Crippen LogP contribution < -0.4 is 0 Å². The van der Waals surface area contributed by atoms with Crippen molar-refractivity contribution in [2.75, 3.05) is 39.3 Å². The minimum Gasteiger partial charge on any atom is -0.392 e. The molecule has 0 spiro atoms. The van der Waals surface area contributed by atoms with E-state index in [9.17, 15) is 10.2 Å². The molecule has 2 aromatic rings. The molecule has 27 heavy (non-hydrogen) atoms. The molecule has 3 rings (SSSR count). The summed E-state index contributed by atoms with van der Waals surface area (Å²) in [5.74, 6) is 0. The highest BCUT2D eigenvalue weighted by Gasteiger charge is 2.16. The minimum absolute atomic E-state index is 0.00854. The van der Waals surface area contributed by atoms with Crippen molar-refractivity contribution in [3.63, 3.8) is 0 Å². The van der Waals surface area contributed by atoms with Gasteiger partial charge >= 0.3 is 0 Å². The summed E-state index contributed by atoms with van der Waals surface area (Å²) in [7, 11) is 0. The van der Waals surface area contributed by atoms with E-state index in [1.54, 1.807) is 0 Å². The Hall–Kier alpha value is -1.72. The molecule has 0 unspecified atom stereocenters. The third kappa shape index (κ3) is 6.15. The number of rotatable bonds is 9. The fourth-order valence-electron chi connectivity index (χ4n) is 3.81. The molecule has 0 aromatic heterocycles. The van der Waals surface area contributed by atoms with Crippen molar-refractivity contribution in [3.8, 4) is 0 Å². The molecule has 0 atom stereocenters. The highest BCUT2D eigenvalue weighted by atomic mass is 16.3. The molecule has 146 valence electrons. The second-order valence-electron chi connectivity index (χ2n) is 7.44. The Balaban J connectivity index is 1.36. The predicted molar refractivity (Wildman–Crippen MR) is 110 cm³/mol. The van der Waals surface area contributed by atoms with Gasteiger partial charge in [-0.25, -0.2) is 0 Å². The average molecular weight is 369 g/mol. The number of aliphatic hydroxyl groups excluding tert-OH is 2. The van der Waals surface area contributed by atoms with E-state index in [2.05, 4.69) is 46.2 Å². The van der Waals surface area contributed by atoms with Gasteiger partial charge in [0.25, 0.3) is 0 Å². The summed E-state index contributed by atoms with van der Waals surface area (Å²) < 4.78 is 0. The zero-order chi connectivity index (χ0) is 18.9. The SMILES string of the molecule is OCc1ccc(CCN2CCN(CCCc3ccccc3)CC2)cc1CO. The molecule has 0 saturated carbocycles. The van der Waals surface area contributed by atoms with E-state index in [4.69, 9.17) is 0 Å². The van der Waals surface area contributed by atoms with Gasteiger partial charge in [0.15, 0.2) is 0 Å². The van der Waals surface area contributed by atoms with Gasteiger partial charge in [0.2, 0.25) is 0 Å². The first kappa shape index (κ1) is 20.0. The molecule has 1 fully saturated rings. The average Bonchev–Trinajstić information content (AvgIpc) is 2.73. The molecule has 4 heteroatoms. The van der Waals surface area contributed by atoms with Gasteiger partial charge in [-0.3, -0.25) is 0 Å². The topological polar surface area (TPSA) is 46.9 Å². The zero-order valence-electron chi connectivity index (χ0n) is 16.2. The van der Waals surface area contributed by atoms with Gasteiger partial charge in [-0.05, 0) is 48.1 Å². The summed E-state index contributed by atoms with van der Waals surface area (Å²) >= 11 is 0. The van der Waals surface area contributed by atoms with Gasteiger partial charge in [0.05, 0.1) is 13.2 Å². The van der Waals surface area contributed by atoms with Crippen LogP contribution in [0, 0.1) is 0 Å². The predicted octanol–water partition coefficient (Wildman–Crippen LogP) is 2.46. The number of aliphatic hydroxyl groups is 2. The molecule has 2 N–H and O–H groups in total. The Labute approximate surface area is 163 Å². The van der Waals surface area contributed by atoms with Gasteiger partial charge in [0, 0.05) is 32.7 Å². The van der Waals surface area contributed by atoms with E-state index in [-0.39, 0.29) is 13.2 Å². The fraction of sp³-hybridized carbons (Fsp3) is 0.478. The molecule has 1 aliphatic rings. The van der Waals surface area contributed by atoms with Crippen LogP contribution in [0.15, 0.2) is 48.5 Å². The maximum atomic E-state index is 9.44. The third-order valence-electron chi connectivity index (χ3n) is 5.58. The number of aryl methyl sites for hydroxylation is 1. The molecule has 4 nitrogen and oxygen atoms in total. The number of hydrogen-bond acceptors (Lipinski definition) is 4. The molecule has 2 aromatic carbocycles. The normalized spacial score (nSPS) is 15.9. The second kappa shape index (κ2) is 10.6. The van der Waals surface area contributed by atoms with Gasteiger partial charge in [0.1, 0.15) is 0 Å². The summed E-state index contributed by atoms with van der Waals surface area (Å²) in [6.07, 6.45) is 3.38. The Bertz CT molecular complexity index is 682. The van der Waals surface area contributed by atoms with Gasteiger partial charge in [-0.2, -0.15) is 0 Å². The van der Waals surface area contributed by atoms with Crippen LogP contribution in [0.5, 0.6) is 0 Å². The molecule has 0 aliphatic carbocycles. The van der Waals surface area contributed by atoms with E-state index in [1.165, 1.54) is 24.1 Å². The molecular weight excluding hydrogens is 336 g/mol. The molecule has 0 amide bonds. The highest BCUT2D eigenvalue weighted by molar-refractivity contribution is 5.31. The second-order valence-corrected chi connectivity index (χ2v) is 7.44. The molecular formula is C23H32N2O2. The largest absolute Gasteiger partial charge is 0.392 e. The van der Waals surface area contributed by atoms with E-state index in [0.717, 1.165) is 56.7 Å². The number of hydrogen-bond donors (Lipinski definition) is 2. The minimum atomic E-state index is -0.0115. The van der Waals surface area contributed by atoms with Gasteiger partial charge in [-0.1, -0.05) is 48.5 Å². The summed E-state index contributed by atoms with van der Waals surface area (Å²) in [6, 6.07) is 16.8. The maximum absolute atomic E-state index is 9.44. The van der Waals surface area contributed by atoms with Crippen molar-refractivity contribution in [2.24, 2.45) is 0 Å². The molecule has 1 saturated heterocycles. The summed E-state index contributed by atoms with van der Waals surface area (Å²) in [5.41, 5.74) is 4.34. The van der Waals surface area contributed by atoms with Crippen LogP contribution in [0.2, 0.25) is 0 Å². The number of benzene rings is 2. The van der Waals surface area contributed by atoms with Crippen LogP contribution in [0.25, 0.3) is 0 Å². The highest BCUT2D eigenvalue weighted by Crippen LogP contribution is 2.14. The van der Waals surface area contributed by atoms with E-state index in [1.807, 2.05) is 12.1 Å². The van der Waals surface area contributed by atoms with Crippen molar-refractivity contribution in [1.82, 2.24) is 9.80 Å². The van der Waals surface area contributed by atoms with Crippen LogP contribution in [-0.2, 0) is 26.1 Å². The van der Waals surface area contributed by atoms with Gasteiger partial charge in [-0.15, -0.1) is 0 Å². The number of piperazine rings is 1. The van der Waals surface area contributed by atoms with Crippen LogP contribution in [0.4, 0.5) is 0 Å². The third-order valence-corrected chi connectivity index (χ3v) is 5.58. The lowest BCUT2D eigenvalue weighted by Crippen LogP contribution is -2.47. The first-order chi connectivity index (χ1) is 13.3. The lowest BCUT2D eigenvalue weighted by molar-refractivity contribution is 0.132. The monoisotopic (exact) mass is 368 g/mol. The Morgan fingerprint density at radius 2 is 1.33 bits per heavy atom. The smallest absolute Gasteiger partial charge is 0.0685 e. The summed E-state index contributed by atoms with van der Waals surface area (Å²) in [5, 5.41) is 18.7. The Morgan fingerprint density at radius 1 is 0.667 bits per heavy atom. The first-order valence-corrected chi connectivity index (χ1v) is 10.1. The maximum Gasteiger partial charge on any atom is 0.0685 e. The Kier molecular flexibility index (Phi) is 7.84. The summed E-state index contributed by atoms with van der Waals surface area (Å²) in [4.78, 5) is 5.12. The molecule has 1 aliphatic heterocycles. The quantitative estimate of drug-likeness (QED) is 0.714. The van der Waals surface area contributed by atoms with Crippen molar-refractivity contribution < 1.29 is 10.2 Å². The lowest BCUT2D eigenvalue weighted by Gasteiger charge is -2.34. The first-order valence-electron chi connectivity index (χ1n) is 10.1. The standard InChI is InChI=1S/C23H32N2O2/c26-18-22-9-8-21(17-23(22)19-27)10-12-25-15-13-24(14-16-25)11-4-7-20-5-2-1-3-6-20/h1-3,5-6,8-9,17,26-27H,4,7,10-16,18-19H2. The van der Waals surface area contributed by atoms with Gasteiger partial charge < -0.3 is 20.0 Å². The van der Waals surface area contributed by atoms with E-state index in [0.29, 0.717) is 0 Å². The molecule has 1 heterocycles. The van der Waals surface area contributed by atoms with Crippen molar-refractivity contribution >= 4 is 0 Å². The molecule has 0 radical (unpaired) electrons. The van der Waals surface area contributed by atoms with Crippen LogP contribution in [-0.4, -0.2) is 59.3 Å². The Morgan fingerprint density at radius 3 is 2.00 bits per heavy atom. The fourth-order valence-corrected chi connectivity index (χ4v) is 3.81. The van der Waals surface area contributed by atoms with Crippen molar-refractivity contribution in [1.29, 1.82) is 0 Å². The number of nitrogens with zero attached hydrogens (tertiary/aromatic N) is 2. The molecule has 0 bridgehead atoms. The van der Waals surface area contributed by atoms with Crippen LogP contribution in [0.3, 0.4) is 0 Å². The van der Waals surface area contributed by atoms with E-state index < -0.39 is 0 Å². The van der Waals surface area contributed by atoms with Crippen LogP contribution in [0.1, 0.15) is 28.7 Å². The van der Waals surface area contributed by atoms with Crippen molar-refractivity contribution in [2.45, 2.75) is 32.5 Å². The van der Waals surface area contributed by atoms with E-state index >= 15 is 0 Å². The van der Waals surface area contributed by atoms with Crippen LogP contribution >= 0.6 is 0 Å². The summed E-state index contributed by atoms with van der Waals surface area (Å²) in [6.45, 7) is 6.79. The zero-order valence-corrected chi connectivity index (χ0v) is 16.2. The van der Waals surface area contributed by atoms with Crippen molar-refractivity contribution in [3.05, 3.63) is 70.8 Å².